The number of rotatable bonds is 3. The maximum atomic E-state index is 13.8. The van der Waals surface area contributed by atoms with E-state index in [-0.39, 0.29) is 17.8 Å². The van der Waals surface area contributed by atoms with Crippen LogP contribution in [0.1, 0.15) is 35.2 Å². The van der Waals surface area contributed by atoms with Crippen molar-refractivity contribution in [1.82, 2.24) is 5.32 Å². The number of nitrogens with one attached hydrogen (secondary N) is 1. The van der Waals surface area contributed by atoms with E-state index in [2.05, 4.69) is 5.32 Å². The summed E-state index contributed by atoms with van der Waals surface area (Å²) in [6.45, 7) is 0.289. The van der Waals surface area contributed by atoms with Crippen LogP contribution < -0.4 is 5.32 Å². The summed E-state index contributed by atoms with van der Waals surface area (Å²) in [4.78, 5) is 11.8. The molecule has 1 aliphatic rings. The van der Waals surface area contributed by atoms with Gasteiger partial charge in [-0.15, -0.1) is 11.6 Å². The Balaban J connectivity index is 2.06. The van der Waals surface area contributed by atoms with Crippen molar-refractivity contribution in [3.05, 3.63) is 35.1 Å². The zero-order valence-electron chi connectivity index (χ0n) is 11.0. The Morgan fingerprint density at radius 1 is 1.33 bits per heavy atom. The SMILES string of the molecule is O=C(NCC1CCC(Cl)C1)c1cccc(C(F)(F)F)c1F. The molecule has 0 spiro atoms. The van der Waals surface area contributed by atoms with E-state index in [1.54, 1.807) is 0 Å². The molecule has 0 radical (unpaired) electrons. The second kappa shape index (κ2) is 6.22. The van der Waals surface area contributed by atoms with Gasteiger partial charge in [-0.25, -0.2) is 4.39 Å². The third-order valence-corrected chi connectivity index (χ3v) is 3.97. The predicted molar refractivity (Wildman–Crippen MR) is 70.7 cm³/mol. The highest BCUT2D eigenvalue weighted by atomic mass is 35.5. The van der Waals surface area contributed by atoms with Gasteiger partial charge in [-0.05, 0) is 37.3 Å². The first-order valence-corrected chi connectivity index (χ1v) is 7.00. The molecule has 21 heavy (non-hydrogen) atoms. The number of amides is 1. The molecule has 0 bridgehead atoms. The second-order valence-electron chi connectivity index (χ2n) is 5.15. The normalized spacial score (nSPS) is 22.3. The summed E-state index contributed by atoms with van der Waals surface area (Å²) in [6.07, 6.45) is -2.38. The van der Waals surface area contributed by atoms with Crippen LogP contribution in [0.25, 0.3) is 0 Å². The van der Waals surface area contributed by atoms with Crippen LogP contribution in [0.15, 0.2) is 18.2 Å². The van der Waals surface area contributed by atoms with Crippen molar-refractivity contribution >= 4 is 17.5 Å². The average molecular weight is 324 g/mol. The summed E-state index contributed by atoms with van der Waals surface area (Å²) in [5, 5.41) is 2.54. The van der Waals surface area contributed by atoms with Crippen LogP contribution in [-0.4, -0.2) is 17.8 Å². The van der Waals surface area contributed by atoms with Crippen LogP contribution in [0, 0.1) is 11.7 Å². The summed E-state index contributed by atoms with van der Waals surface area (Å²) in [7, 11) is 0. The minimum absolute atomic E-state index is 0.0668. The Hall–Kier alpha value is -1.30. The lowest BCUT2D eigenvalue weighted by Crippen LogP contribution is -2.29. The van der Waals surface area contributed by atoms with Crippen molar-refractivity contribution in [1.29, 1.82) is 0 Å². The monoisotopic (exact) mass is 323 g/mol. The molecule has 0 aliphatic heterocycles. The first-order valence-electron chi connectivity index (χ1n) is 6.57. The summed E-state index contributed by atoms with van der Waals surface area (Å²) < 4.78 is 51.5. The number of halogens is 5. The van der Waals surface area contributed by atoms with Crippen LogP contribution in [0.2, 0.25) is 0 Å². The molecule has 2 atom stereocenters. The highest BCUT2D eigenvalue weighted by molar-refractivity contribution is 6.20. The molecule has 2 rings (SSSR count). The van der Waals surface area contributed by atoms with Gasteiger partial charge in [0.25, 0.3) is 5.91 Å². The van der Waals surface area contributed by atoms with Gasteiger partial charge in [0.2, 0.25) is 0 Å². The molecule has 1 amide bonds. The van der Waals surface area contributed by atoms with E-state index < -0.39 is 29.0 Å². The molecule has 2 nitrogen and oxygen atoms in total. The Labute approximate surface area is 124 Å². The Kier molecular flexibility index (Phi) is 4.76. The standard InChI is InChI=1S/C14H14ClF4NO/c15-9-5-4-8(6-9)7-20-13(21)10-2-1-3-11(12(10)16)14(17,18)19/h1-3,8-9H,4-7H2,(H,20,21). The molecule has 7 heteroatoms. The van der Waals surface area contributed by atoms with Crippen LogP contribution in [0.3, 0.4) is 0 Å². The molecule has 1 fully saturated rings. The van der Waals surface area contributed by atoms with Gasteiger partial charge in [-0.2, -0.15) is 13.2 Å². The molecule has 1 N–H and O–H groups in total. The molecular weight excluding hydrogens is 310 g/mol. The quantitative estimate of drug-likeness (QED) is 0.661. The lowest BCUT2D eigenvalue weighted by atomic mass is 10.1. The molecule has 0 aromatic heterocycles. The van der Waals surface area contributed by atoms with Crippen LogP contribution in [0.4, 0.5) is 17.6 Å². The second-order valence-corrected chi connectivity index (χ2v) is 5.77. The smallest absolute Gasteiger partial charge is 0.352 e. The van der Waals surface area contributed by atoms with Crippen molar-refractivity contribution in [3.8, 4) is 0 Å². The largest absolute Gasteiger partial charge is 0.419 e. The molecule has 2 unspecified atom stereocenters. The summed E-state index contributed by atoms with van der Waals surface area (Å²) >= 11 is 5.94. The van der Waals surface area contributed by atoms with Gasteiger partial charge in [0.05, 0.1) is 11.1 Å². The molecule has 1 aromatic rings. The van der Waals surface area contributed by atoms with E-state index in [9.17, 15) is 22.4 Å². The summed E-state index contributed by atoms with van der Waals surface area (Å²) in [6, 6.07) is 2.67. The molecule has 1 aromatic carbocycles. The Morgan fingerprint density at radius 3 is 2.62 bits per heavy atom. The van der Waals surface area contributed by atoms with E-state index in [4.69, 9.17) is 11.6 Å². The zero-order valence-corrected chi connectivity index (χ0v) is 11.8. The van der Waals surface area contributed by atoms with Crippen molar-refractivity contribution < 1.29 is 22.4 Å². The van der Waals surface area contributed by atoms with Gasteiger partial charge >= 0.3 is 6.18 Å². The van der Waals surface area contributed by atoms with Gasteiger partial charge < -0.3 is 5.32 Å². The van der Waals surface area contributed by atoms with Crippen molar-refractivity contribution in [2.24, 2.45) is 5.92 Å². The molecule has 116 valence electrons. The van der Waals surface area contributed by atoms with Gasteiger partial charge in [0, 0.05) is 11.9 Å². The van der Waals surface area contributed by atoms with Crippen molar-refractivity contribution in [2.75, 3.05) is 6.54 Å². The Morgan fingerprint density at radius 2 is 2.05 bits per heavy atom. The minimum atomic E-state index is -4.82. The molecule has 1 aliphatic carbocycles. The number of alkyl halides is 4. The maximum absolute atomic E-state index is 13.8. The third kappa shape index (κ3) is 3.87. The van der Waals surface area contributed by atoms with Gasteiger partial charge in [-0.1, -0.05) is 6.07 Å². The zero-order chi connectivity index (χ0) is 15.6. The van der Waals surface area contributed by atoms with E-state index >= 15 is 0 Å². The van der Waals surface area contributed by atoms with E-state index in [0.717, 1.165) is 31.4 Å². The summed E-state index contributed by atoms with van der Waals surface area (Å²) in [5.74, 6) is -2.19. The minimum Gasteiger partial charge on any atom is -0.352 e. The highest BCUT2D eigenvalue weighted by Gasteiger charge is 2.35. The number of benzene rings is 1. The van der Waals surface area contributed by atoms with E-state index in [1.165, 1.54) is 0 Å². The number of carbonyl (C=O) groups is 1. The number of hydrogen-bond acceptors (Lipinski definition) is 1. The van der Waals surface area contributed by atoms with E-state index in [1.807, 2.05) is 0 Å². The topological polar surface area (TPSA) is 29.1 Å². The average Bonchev–Trinajstić information content (AvgIpc) is 2.80. The Bertz CT molecular complexity index is 532. The maximum Gasteiger partial charge on any atom is 0.419 e. The van der Waals surface area contributed by atoms with Crippen molar-refractivity contribution in [2.45, 2.75) is 30.8 Å². The highest BCUT2D eigenvalue weighted by Crippen LogP contribution is 2.32. The third-order valence-electron chi connectivity index (χ3n) is 3.58. The lowest BCUT2D eigenvalue weighted by Gasteiger charge is -2.13. The fourth-order valence-electron chi connectivity index (χ4n) is 2.46. The fourth-order valence-corrected chi connectivity index (χ4v) is 2.84. The fraction of sp³-hybridized carbons (Fsp3) is 0.500. The van der Waals surface area contributed by atoms with Gasteiger partial charge in [-0.3, -0.25) is 4.79 Å². The van der Waals surface area contributed by atoms with Crippen LogP contribution in [-0.2, 0) is 6.18 Å². The predicted octanol–water partition coefficient (Wildman–Crippen LogP) is 3.98. The van der Waals surface area contributed by atoms with E-state index in [0.29, 0.717) is 6.07 Å². The van der Waals surface area contributed by atoms with Gasteiger partial charge in [0.15, 0.2) is 0 Å². The lowest BCUT2D eigenvalue weighted by molar-refractivity contribution is -0.140. The number of carbonyl (C=O) groups excluding carboxylic acids is 1. The molecular formula is C14H14ClF4NO. The first kappa shape index (κ1) is 16.1. The summed E-state index contributed by atoms with van der Waals surface area (Å²) in [5.41, 5.74) is -2.03. The molecule has 0 saturated heterocycles. The van der Waals surface area contributed by atoms with Crippen molar-refractivity contribution in [3.63, 3.8) is 0 Å². The van der Waals surface area contributed by atoms with Gasteiger partial charge in [0.1, 0.15) is 5.82 Å². The molecule has 1 saturated carbocycles. The molecule has 0 heterocycles. The number of hydrogen-bond donors (Lipinski definition) is 1. The van der Waals surface area contributed by atoms with Crippen LogP contribution >= 0.6 is 11.6 Å². The first-order chi connectivity index (χ1) is 9.79. The van der Waals surface area contributed by atoms with Crippen LogP contribution in [0.5, 0.6) is 0 Å².